The Kier molecular flexibility index (Phi) is 3.38. The van der Waals surface area contributed by atoms with Gasteiger partial charge in [0, 0.05) is 37.8 Å². The summed E-state index contributed by atoms with van der Waals surface area (Å²) in [6, 6.07) is 11.4. The smallest absolute Gasteiger partial charge is 0.165 e. The second-order valence-electron chi connectivity index (χ2n) is 5.29. The van der Waals surface area contributed by atoms with Gasteiger partial charge in [0.1, 0.15) is 5.82 Å². The van der Waals surface area contributed by atoms with Gasteiger partial charge in [0.15, 0.2) is 11.6 Å². The summed E-state index contributed by atoms with van der Waals surface area (Å²) in [5, 5.41) is 1.20. The Labute approximate surface area is 132 Å². The lowest BCUT2D eigenvalue weighted by Crippen LogP contribution is -2.47. The molecule has 3 heterocycles. The SMILES string of the molecule is Fc1cccnc1N1CCN(c2nsc3ccccc23)CC1. The molecule has 2 aromatic heterocycles. The van der Waals surface area contributed by atoms with Crippen molar-refractivity contribution in [1.82, 2.24) is 9.36 Å². The third-order valence-electron chi connectivity index (χ3n) is 3.98. The Bertz CT molecular complexity index is 795. The molecule has 1 aliphatic rings. The maximum atomic E-state index is 13.8. The second-order valence-corrected chi connectivity index (χ2v) is 6.09. The van der Waals surface area contributed by atoms with Gasteiger partial charge in [0.25, 0.3) is 0 Å². The first kappa shape index (κ1) is 13.5. The van der Waals surface area contributed by atoms with Gasteiger partial charge >= 0.3 is 0 Å². The minimum atomic E-state index is -0.255. The summed E-state index contributed by atoms with van der Waals surface area (Å²) in [6.07, 6.45) is 1.64. The van der Waals surface area contributed by atoms with E-state index in [4.69, 9.17) is 0 Å². The minimum absolute atomic E-state index is 0.255. The van der Waals surface area contributed by atoms with Gasteiger partial charge in [0.05, 0.1) is 4.70 Å². The van der Waals surface area contributed by atoms with Crippen molar-refractivity contribution in [2.24, 2.45) is 0 Å². The highest BCUT2D eigenvalue weighted by Crippen LogP contribution is 2.30. The maximum Gasteiger partial charge on any atom is 0.165 e. The third kappa shape index (κ3) is 2.29. The van der Waals surface area contributed by atoms with Crippen LogP contribution in [0.4, 0.5) is 16.0 Å². The van der Waals surface area contributed by atoms with Crippen LogP contribution in [0, 0.1) is 5.82 Å². The molecule has 0 bridgehead atoms. The normalized spacial score (nSPS) is 15.5. The average Bonchev–Trinajstić information content (AvgIpc) is 3.00. The Balaban J connectivity index is 1.54. The highest BCUT2D eigenvalue weighted by atomic mass is 32.1. The first-order valence-corrected chi connectivity index (χ1v) is 8.05. The first-order valence-electron chi connectivity index (χ1n) is 7.28. The molecule has 0 amide bonds. The van der Waals surface area contributed by atoms with Crippen LogP contribution in [0.3, 0.4) is 0 Å². The van der Waals surface area contributed by atoms with Gasteiger partial charge in [-0.15, -0.1) is 0 Å². The summed E-state index contributed by atoms with van der Waals surface area (Å²) in [5.41, 5.74) is 0. The van der Waals surface area contributed by atoms with E-state index in [9.17, 15) is 4.39 Å². The van der Waals surface area contributed by atoms with E-state index in [0.717, 1.165) is 32.0 Å². The van der Waals surface area contributed by atoms with E-state index in [2.05, 4.69) is 26.4 Å². The molecule has 1 saturated heterocycles. The largest absolute Gasteiger partial charge is 0.352 e. The van der Waals surface area contributed by atoms with Crippen molar-refractivity contribution >= 4 is 33.3 Å². The zero-order valence-corrected chi connectivity index (χ0v) is 12.8. The number of hydrogen-bond acceptors (Lipinski definition) is 5. The van der Waals surface area contributed by atoms with Crippen molar-refractivity contribution < 1.29 is 4.39 Å². The number of halogens is 1. The number of benzene rings is 1. The third-order valence-corrected chi connectivity index (χ3v) is 4.79. The molecular weight excluding hydrogens is 299 g/mol. The number of piperazine rings is 1. The van der Waals surface area contributed by atoms with Crippen LogP contribution in [-0.4, -0.2) is 35.5 Å². The predicted octanol–water partition coefficient (Wildman–Crippen LogP) is 3.16. The molecule has 0 N–H and O–H groups in total. The molecular formula is C16H15FN4S. The molecule has 1 aliphatic heterocycles. The molecule has 0 atom stereocenters. The van der Waals surface area contributed by atoms with E-state index in [1.165, 1.54) is 27.7 Å². The number of aromatic nitrogens is 2. The second kappa shape index (κ2) is 5.53. The molecule has 0 unspecified atom stereocenters. The molecule has 112 valence electrons. The van der Waals surface area contributed by atoms with Crippen LogP contribution < -0.4 is 9.80 Å². The summed E-state index contributed by atoms with van der Waals surface area (Å²) in [5.74, 6) is 1.24. The van der Waals surface area contributed by atoms with E-state index in [0.29, 0.717) is 5.82 Å². The Hall–Kier alpha value is -2.21. The summed E-state index contributed by atoms with van der Waals surface area (Å²) in [7, 11) is 0. The molecule has 0 saturated carbocycles. The fraction of sp³-hybridized carbons (Fsp3) is 0.250. The molecule has 0 spiro atoms. The van der Waals surface area contributed by atoms with Crippen molar-refractivity contribution in [2.45, 2.75) is 0 Å². The molecule has 6 heteroatoms. The highest BCUT2D eigenvalue weighted by Gasteiger charge is 2.22. The van der Waals surface area contributed by atoms with Crippen LogP contribution >= 0.6 is 11.5 Å². The zero-order valence-electron chi connectivity index (χ0n) is 11.9. The minimum Gasteiger partial charge on any atom is -0.352 e. The van der Waals surface area contributed by atoms with Crippen LogP contribution in [0.25, 0.3) is 10.1 Å². The molecule has 1 fully saturated rings. The molecule has 22 heavy (non-hydrogen) atoms. The van der Waals surface area contributed by atoms with E-state index >= 15 is 0 Å². The Morgan fingerprint density at radius 1 is 0.909 bits per heavy atom. The lowest BCUT2D eigenvalue weighted by Gasteiger charge is -2.35. The number of hydrogen-bond donors (Lipinski definition) is 0. The van der Waals surface area contributed by atoms with E-state index in [1.54, 1.807) is 12.3 Å². The molecule has 3 aromatic rings. The van der Waals surface area contributed by atoms with Crippen molar-refractivity contribution in [1.29, 1.82) is 0 Å². The van der Waals surface area contributed by atoms with Gasteiger partial charge in [-0.2, -0.15) is 4.37 Å². The van der Waals surface area contributed by atoms with Gasteiger partial charge in [0.2, 0.25) is 0 Å². The lowest BCUT2D eigenvalue weighted by molar-refractivity contribution is 0.588. The molecule has 4 nitrogen and oxygen atoms in total. The quantitative estimate of drug-likeness (QED) is 0.727. The topological polar surface area (TPSA) is 32.3 Å². The van der Waals surface area contributed by atoms with Gasteiger partial charge in [-0.3, -0.25) is 0 Å². The number of anilines is 2. The fourth-order valence-corrected chi connectivity index (χ4v) is 3.64. The van der Waals surface area contributed by atoms with E-state index in [1.807, 2.05) is 17.0 Å². The van der Waals surface area contributed by atoms with Crippen LogP contribution in [0.2, 0.25) is 0 Å². The molecule has 0 radical (unpaired) electrons. The summed E-state index contributed by atoms with van der Waals surface area (Å²) >= 11 is 1.53. The number of pyridine rings is 1. The highest BCUT2D eigenvalue weighted by molar-refractivity contribution is 7.13. The maximum absolute atomic E-state index is 13.8. The predicted molar refractivity (Wildman–Crippen MR) is 88.2 cm³/mol. The summed E-state index contributed by atoms with van der Waals surface area (Å²) < 4.78 is 19.6. The summed E-state index contributed by atoms with van der Waals surface area (Å²) in [4.78, 5) is 8.43. The molecule has 0 aliphatic carbocycles. The monoisotopic (exact) mass is 314 g/mol. The molecule has 4 rings (SSSR count). The van der Waals surface area contributed by atoms with Crippen LogP contribution in [-0.2, 0) is 0 Å². The van der Waals surface area contributed by atoms with Crippen molar-refractivity contribution in [3.8, 4) is 0 Å². The average molecular weight is 314 g/mol. The number of fused-ring (bicyclic) bond motifs is 1. The molecule has 1 aromatic carbocycles. The Morgan fingerprint density at radius 3 is 2.41 bits per heavy atom. The number of rotatable bonds is 2. The van der Waals surface area contributed by atoms with Crippen LogP contribution in [0.1, 0.15) is 0 Å². The van der Waals surface area contributed by atoms with Crippen molar-refractivity contribution in [2.75, 3.05) is 36.0 Å². The number of nitrogens with zero attached hydrogens (tertiary/aromatic N) is 4. The van der Waals surface area contributed by atoms with Gasteiger partial charge in [-0.1, -0.05) is 12.1 Å². The van der Waals surface area contributed by atoms with Crippen molar-refractivity contribution in [3.05, 3.63) is 48.4 Å². The van der Waals surface area contributed by atoms with E-state index in [-0.39, 0.29) is 5.82 Å². The van der Waals surface area contributed by atoms with Crippen molar-refractivity contribution in [3.63, 3.8) is 0 Å². The van der Waals surface area contributed by atoms with Gasteiger partial charge < -0.3 is 9.80 Å². The van der Waals surface area contributed by atoms with Crippen LogP contribution in [0.15, 0.2) is 42.6 Å². The zero-order chi connectivity index (χ0) is 14.9. The standard InChI is InChI=1S/C16H15FN4S/c17-13-5-3-7-18-16(13)21-10-8-20(9-11-21)15-12-4-1-2-6-14(12)22-19-15/h1-7H,8-11H2. The van der Waals surface area contributed by atoms with Gasteiger partial charge in [-0.05, 0) is 35.8 Å². The fourth-order valence-electron chi connectivity index (χ4n) is 2.84. The van der Waals surface area contributed by atoms with Gasteiger partial charge in [-0.25, -0.2) is 9.37 Å². The van der Waals surface area contributed by atoms with Crippen LogP contribution in [0.5, 0.6) is 0 Å². The lowest BCUT2D eigenvalue weighted by atomic mass is 10.2. The summed E-state index contributed by atoms with van der Waals surface area (Å²) in [6.45, 7) is 3.15. The Morgan fingerprint density at radius 2 is 1.64 bits per heavy atom. The first-order chi connectivity index (χ1) is 10.8. The van der Waals surface area contributed by atoms with E-state index < -0.39 is 0 Å².